The maximum atomic E-state index is 12.7. The van der Waals surface area contributed by atoms with E-state index in [-0.39, 0.29) is 11.7 Å². The van der Waals surface area contributed by atoms with Crippen LogP contribution in [0.25, 0.3) is 6.08 Å². The highest BCUT2D eigenvalue weighted by Crippen LogP contribution is 2.37. The lowest BCUT2D eigenvalue weighted by molar-refractivity contribution is -0.112. The molecule has 3 rings (SSSR count). The van der Waals surface area contributed by atoms with Crippen molar-refractivity contribution < 1.29 is 9.53 Å². The maximum absolute atomic E-state index is 12.7. The molecule has 1 aliphatic rings. The molecule has 5 nitrogen and oxygen atoms in total. The van der Waals surface area contributed by atoms with Crippen LogP contribution in [-0.4, -0.2) is 12.0 Å². The Morgan fingerprint density at radius 3 is 2.80 bits per heavy atom. The number of ether oxygens (including phenoxy) is 1. The number of carbonyl (C=O) groups excluding carboxylic acids is 1. The van der Waals surface area contributed by atoms with Crippen molar-refractivity contribution in [3.8, 4) is 17.9 Å². The topological polar surface area (TPSA) is 85.9 Å². The molecule has 0 spiro atoms. The molecule has 2 aromatic rings. The van der Waals surface area contributed by atoms with E-state index in [9.17, 15) is 15.3 Å². The van der Waals surface area contributed by atoms with Gasteiger partial charge in [0.1, 0.15) is 28.5 Å². The van der Waals surface area contributed by atoms with Gasteiger partial charge in [0, 0.05) is 4.88 Å². The number of rotatable bonds is 6. The second-order valence-corrected chi connectivity index (χ2v) is 9.14. The summed E-state index contributed by atoms with van der Waals surface area (Å²) in [5, 5.41) is 22.4. The third kappa shape index (κ3) is 4.92. The lowest BCUT2D eigenvalue weighted by Crippen LogP contribution is -2.13. The van der Waals surface area contributed by atoms with E-state index < -0.39 is 5.91 Å². The van der Waals surface area contributed by atoms with Crippen molar-refractivity contribution in [2.75, 3.05) is 5.32 Å². The predicted molar refractivity (Wildman–Crippen MR) is 122 cm³/mol. The summed E-state index contributed by atoms with van der Waals surface area (Å²) in [6, 6.07) is 9.62. The van der Waals surface area contributed by atoms with Crippen LogP contribution in [0.2, 0.25) is 0 Å². The van der Waals surface area contributed by atoms with Crippen LogP contribution in [0.1, 0.15) is 54.7 Å². The molecule has 1 aromatic heterocycles. The van der Waals surface area contributed by atoms with Gasteiger partial charge in [0.05, 0.1) is 16.1 Å². The second kappa shape index (κ2) is 9.93. The lowest BCUT2D eigenvalue weighted by atomic mass is 9.96. The van der Waals surface area contributed by atoms with Crippen molar-refractivity contribution in [2.24, 2.45) is 0 Å². The van der Waals surface area contributed by atoms with Crippen molar-refractivity contribution >= 4 is 44.3 Å². The fourth-order valence-electron chi connectivity index (χ4n) is 3.26. The molecule has 0 bridgehead atoms. The van der Waals surface area contributed by atoms with Crippen LogP contribution in [-0.2, 0) is 17.6 Å². The average Bonchev–Trinajstić information content (AvgIpc) is 3.10. The zero-order chi connectivity index (χ0) is 21.7. The third-order valence-corrected chi connectivity index (χ3v) is 6.87. The first-order chi connectivity index (χ1) is 14.5. The van der Waals surface area contributed by atoms with E-state index in [4.69, 9.17) is 4.74 Å². The van der Waals surface area contributed by atoms with Crippen molar-refractivity contribution in [2.45, 2.75) is 52.1 Å². The molecule has 0 saturated heterocycles. The first-order valence-electron chi connectivity index (χ1n) is 9.90. The summed E-state index contributed by atoms with van der Waals surface area (Å²) in [6.07, 6.45) is 6.47. The Balaban J connectivity index is 1.81. The normalized spacial score (nSPS) is 14.2. The Morgan fingerprint density at radius 1 is 1.37 bits per heavy atom. The summed E-state index contributed by atoms with van der Waals surface area (Å²) in [4.78, 5) is 13.9. The zero-order valence-electron chi connectivity index (χ0n) is 16.9. The molecule has 1 aromatic carbocycles. The van der Waals surface area contributed by atoms with Crippen LogP contribution in [0.3, 0.4) is 0 Å². The standard InChI is InChI=1S/C23H22BrN3O2S/c1-3-14(2)29-20-9-8-15(11-19(20)24)10-16(12-25)22(28)27-23-18(13-26)17-6-4-5-7-21(17)30-23/h8-11,14H,3-7H2,1-2H3,(H,27,28)/b16-10+/t14-/m1/s1. The molecule has 0 radical (unpaired) electrons. The molecule has 0 unspecified atom stereocenters. The van der Waals surface area contributed by atoms with Gasteiger partial charge in [0.2, 0.25) is 0 Å². The van der Waals surface area contributed by atoms with Gasteiger partial charge in [-0.2, -0.15) is 10.5 Å². The van der Waals surface area contributed by atoms with E-state index in [2.05, 4.69) is 34.2 Å². The summed E-state index contributed by atoms with van der Waals surface area (Å²) < 4.78 is 6.59. The Kier molecular flexibility index (Phi) is 7.31. The molecule has 1 atom stereocenters. The Hall–Kier alpha value is -2.61. The molecule has 1 N–H and O–H groups in total. The van der Waals surface area contributed by atoms with Gasteiger partial charge in [-0.15, -0.1) is 11.3 Å². The summed E-state index contributed by atoms with van der Waals surface area (Å²) in [7, 11) is 0. The number of aryl methyl sites for hydroxylation is 1. The number of nitrogens with one attached hydrogen (secondary N) is 1. The number of nitrogens with zero attached hydrogens (tertiary/aromatic N) is 2. The van der Waals surface area contributed by atoms with E-state index in [0.717, 1.165) is 47.0 Å². The Morgan fingerprint density at radius 2 is 2.13 bits per heavy atom. The minimum Gasteiger partial charge on any atom is -0.490 e. The van der Waals surface area contributed by atoms with E-state index in [0.29, 0.717) is 21.9 Å². The largest absolute Gasteiger partial charge is 0.490 e. The van der Waals surface area contributed by atoms with Crippen molar-refractivity contribution in [3.63, 3.8) is 0 Å². The number of anilines is 1. The predicted octanol–water partition coefficient (Wildman–Crippen LogP) is 5.98. The van der Waals surface area contributed by atoms with Crippen LogP contribution in [0.4, 0.5) is 5.00 Å². The Bertz CT molecular complexity index is 1080. The van der Waals surface area contributed by atoms with Gasteiger partial charge in [-0.05, 0) is 84.3 Å². The molecule has 154 valence electrons. The summed E-state index contributed by atoms with van der Waals surface area (Å²) in [5.41, 5.74) is 2.27. The van der Waals surface area contributed by atoms with Gasteiger partial charge in [-0.25, -0.2) is 0 Å². The number of thiophene rings is 1. The van der Waals surface area contributed by atoms with Gasteiger partial charge >= 0.3 is 0 Å². The van der Waals surface area contributed by atoms with Gasteiger partial charge in [0.15, 0.2) is 0 Å². The second-order valence-electron chi connectivity index (χ2n) is 7.18. The minimum atomic E-state index is -0.511. The Labute approximate surface area is 189 Å². The first-order valence-corrected chi connectivity index (χ1v) is 11.5. The van der Waals surface area contributed by atoms with Gasteiger partial charge in [-0.1, -0.05) is 13.0 Å². The molecule has 0 saturated carbocycles. The molecule has 1 heterocycles. The highest BCUT2D eigenvalue weighted by Gasteiger charge is 2.22. The van der Waals surface area contributed by atoms with E-state index >= 15 is 0 Å². The first kappa shape index (κ1) is 22.1. The van der Waals surface area contributed by atoms with Crippen LogP contribution in [0, 0.1) is 22.7 Å². The summed E-state index contributed by atoms with van der Waals surface area (Å²) in [5.74, 6) is 0.205. The van der Waals surface area contributed by atoms with Crippen LogP contribution >= 0.6 is 27.3 Å². The molecular weight excluding hydrogens is 462 g/mol. The molecule has 30 heavy (non-hydrogen) atoms. The van der Waals surface area contributed by atoms with Crippen LogP contribution in [0.5, 0.6) is 5.75 Å². The number of hydrogen-bond acceptors (Lipinski definition) is 5. The zero-order valence-corrected chi connectivity index (χ0v) is 19.3. The molecule has 1 aliphatic carbocycles. The number of hydrogen-bond donors (Lipinski definition) is 1. The van der Waals surface area contributed by atoms with E-state index in [1.165, 1.54) is 17.4 Å². The quantitative estimate of drug-likeness (QED) is 0.404. The molecule has 0 aliphatic heterocycles. The SMILES string of the molecule is CC[C@@H](C)Oc1ccc(/C=C(\C#N)C(=O)Nc2sc3c(c2C#N)CCCC3)cc1Br. The van der Waals surface area contributed by atoms with E-state index in [1.54, 1.807) is 6.07 Å². The van der Waals surface area contributed by atoms with Gasteiger partial charge in [-0.3, -0.25) is 4.79 Å². The van der Waals surface area contributed by atoms with Crippen molar-refractivity contribution in [3.05, 3.63) is 49.8 Å². The number of carbonyl (C=O) groups is 1. The fraction of sp³-hybridized carbons (Fsp3) is 0.348. The molecule has 0 fully saturated rings. The third-order valence-electron chi connectivity index (χ3n) is 5.05. The van der Waals surface area contributed by atoms with Gasteiger partial charge < -0.3 is 10.1 Å². The highest BCUT2D eigenvalue weighted by atomic mass is 79.9. The highest BCUT2D eigenvalue weighted by molar-refractivity contribution is 9.10. The average molecular weight is 484 g/mol. The summed E-state index contributed by atoms with van der Waals surface area (Å²) >= 11 is 4.93. The fourth-order valence-corrected chi connectivity index (χ4v) is 4.99. The lowest BCUT2D eigenvalue weighted by Gasteiger charge is -2.14. The number of fused-ring (bicyclic) bond motifs is 1. The van der Waals surface area contributed by atoms with Crippen LogP contribution < -0.4 is 10.1 Å². The molecular formula is C23H22BrN3O2S. The van der Waals surface area contributed by atoms with Crippen molar-refractivity contribution in [1.29, 1.82) is 10.5 Å². The van der Waals surface area contributed by atoms with Crippen LogP contribution in [0.15, 0.2) is 28.2 Å². The summed E-state index contributed by atoms with van der Waals surface area (Å²) in [6.45, 7) is 4.05. The monoisotopic (exact) mass is 483 g/mol. The number of benzene rings is 1. The van der Waals surface area contributed by atoms with Gasteiger partial charge in [0.25, 0.3) is 5.91 Å². The molecule has 7 heteroatoms. The number of amides is 1. The van der Waals surface area contributed by atoms with E-state index in [1.807, 2.05) is 25.1 Å². The van der Waals surface area contributed by atoms with Crippen molar-refractivity contribution in [1.82, 2.24) is 0 Å². The maximum Gasteiger partial charge on any atom is 0.266 e. The number of halogens is 1. The number of nitriles is 2. The smallest absolute Gasteiger partial charge is 0.266 e. The molecule has 1 amide bonds. The minimum absolute atomic E-state index is 0.0206.